The number of carboxylic acid groups (broad SMARTS) is 1. The lowest BCUT2D eigenvalue weighted by molar-refractivity contribution is -0.145. The molecule has 0 saturated carbocycles. The number of aryl methyl sites for hydroxylation is 1. The Balaban J connectivity index is 1.95. The van der Waals surface area contributed by atoms with E-state index in [0.717, 1.165) is 0 Å². The van der Waals surface area contributed by atoms with E-state index >= 15 is 0 Å². The summed E-state index contributed by atoms with van der Waals surface area (Å²) in [7, 11) is 1.57. The lowest BCUT2D eigenvalue weighted by atomic mass is 9.98. The van der Waals surface area contributed by atoms with Gasteiger partial charge in [-0.25, -0.2) is 4.98 Å². The van der Waals surface area contributed by atoms with Gasteiger partial charge >= 0.3 is 5.97 Å². The predicted molar refractivity (Wildman–Crippen MR) is 80.8 cm³/mol. The van der Waals surface area contributed by atoms with Gasteiger partial charge in [0.05, 0.1) is 23.7 Å². The van der Waals surface area contributed by atoms with Crippen LogP contribution in [0.4, 0.5) is 0 Å². The van der Waals surface area contributed by atoms with Crippen molar-refractivity contribution in [2.24, 2.45) is 5.92 Å². The SMILES string of the molecule is Cc1ncsc1C(=O)N(C)CC(=O)N1CCCC(C(=O)O)C1. The van der Waals surface area contributed by atoms with Crippen LogP contribution in [0.15, 0.2) is 5.51 Å². The first-order valence-corrected chi connectivity index (χ1v) is 7.94. The molecule has 1 atom stereocenters. The molecule has 0 aromatic carbocycles. The number of carbonyl (C=O) groups excluding carboxylic acids is 2. The van der Waals surface area contributed by atoms with E-state index < -0.39 is 11.9 Å². The summed E-state index contributed by atoms with van der Waals surface area (Å²) in [5, 5.41) is 9.06. The maximum atomic E-state index is 12.3. The number of carboxylic acids is 1. The highest BCUT2D eigenvalue weighted by molar-refractivity contribution is 7.11. The fraction of sp³-hybridized carbons (Fsp3) is 0.571. The third kappa shape index (κ3) is 3.62. The Hall–Kier alpha value is -1.96. The molecule has 120 valence electrons. The fourth-order valence-electron chi connectivity index (χ4n) is 2.46. The number of amides is 2. The zero-order chi connectivity index (χ0) is 16.3. The maximum absolute atomic E-state index is 12.3. The van der Waals surface area contributed by atoms with Gasteiger partial charge in [0.1, 0.15) is 4.88 Å². The van der Waals surface area contributed by atoms with Crippen LogP contribution < -0.4 is 0 Å². The van der Waals surface area contributed by atoms with Crippen molar-refractivity contribution >= 4 is 29.1 Å². The third-order valence-corrected chi connectivity index (χ3v) is 4.70. The second kappa shape index (κ2) is 6.87. The molecule has 1 aliphatic rings. The number of aromatic nitrogens is 1. The summed E-state index contributed by atoms with van der Waals surface area (Å²) in [5.41, 5.74) is 2.25. The highest BCUT2D eigenvalue weighted by Crippen LogP contribution is 2.18. The van der Waals surface area contributed by atoms with Crippen LogP contribution in [0.25, 0.3) is 0 Å². The number of piperidine rings is 1. The first kappa shape index (κ1) is 16.4. The normalized spacial score (nSPS) is 18.1. The largest absolute Gasteiger partial charge is 0.481 e. The van der Waals surface area contributed by atoms with Gasteiger partial charge in [0.25, 0.3) is 5.91 Å². The summed E-state index contributed by atoms with van der Waals surface area (Å²) in [6.45, 7) is 2.46. The molecule has 1 aromatic heterocycles. The van der Waals surface area contributed by atoms with E-state index in [1.807, 2.05) is 0 Å². The first-order valence-electron chi connectivity index (χ1n) is 7.06. The van der Waals surface area contributed by atoms with Crippen molar-refractivity contribution < 1.29 is 19.5 Å². The Bertz CT molecular complexity index is 586. The van der Waals surface area contributed by atoms with Crippen LogP contribution in [0.3, 0.4) is 0 Å². The molecule has 1 saturated heterocycles. The number of likely N-dealkylation sites (tertiary alicyclic amines) is 1. The topological polar surface area (TPSA) is 90.8 Å². The number of rotatable bonds is 4. The summed E-state index contributed by atoms with van der Waals surface area (Å²) < 4.78 is 0. The number of hydrogen-bond acceptors (Lipinski definition) is 5. The number of likely N-dealkylation sites (N-methyl/N-ethyl adjacent to an activating group) is 1. The van der Waals surface area contributed by atoms with Gasteiger partial charge in [-0.05, 0) is 19.8 Å². The van der Waals surface area contributed by atoms with Crippen molar-refractivity contribution in [1.82, 2.24) is 14.8 Å². The fourth-order valence-corrected chi connectivity index (χ4v) is 3.26. The van der Waals surface area contributed by atoms with Crippen molar-refractivity contribution in [1.29, 1.82) is 0 Å². The predicted octanol–water partition coefficient (Wildman–Crippen LogP) is 0.847. The zero-order valence-electron chi connectivity index (χ0n) is 12.6. The minimum Gasteiger partial charge on any atom is -0.481 e. The van der Waals surface area contributed by atoms with Crippen molar-refractivity contribution in [3.8, 4) is 0 Å². The van der Waals surface area contributed by atoms with Gasteiger partial charge in [-0.15, -0.1) is 11.3 Å². The molecule has 0 spiro atoms. The summed E-state index contributed by atoms with van der Waals surface area (Å²) >= 11 is 1.25. The zero-order valence-corrected chi connectivity index (χ0v) is 13.4. The van der Waals surface area contributed by atoms with Gasteiger partial charge in [0.2, 0.25) is 5.91 Å². The average Bonchev–Trinajstić information content (AvgIpc) is 2.92. The van der Waals surface area contributed by atoms with E-state index in [4.69, 9.17) is 5.11 Å². The smallest absolute Gasteiger partial charge is 0.308 e. The highest BCUT2D eigenvalue weighted by Gasteiger charge is 2.29. The molecule has 2 heterocycles. The van der Waals surface area contributed by atoms with E-state index in [0.29, 0.717) is 30.0 Å². The summed E-state index contributed by atoms with van der Waals surface area (Å²) in [4.78, 5) is 43.0. The monoisotopic (exact) mass is 325 g/mol. The van der Waals surface area contributed by atoms with E-state index in [2.05, 4.69) is 4.98 Å². The van der Waals surface area contributed by atoms with Gasteiger partial charge < -0.3 is 14.9 Å². The van der Waals surface area contributed by atoms with Crippen LogP contribution in [0.5, 0.6) is 0 Å². The summed E-state index contributed by atoms with van der Waals surface area (Å²) in [5.74, 6) is -1.84. The van der Waals surface area contributed by atoms with Crippen molar-refractivity contribution in [3.05, 3.63) is 16.1 Å². The molecule has 1 aliphatic heterocycles. The molecule has 0 radical (unpaired) electrons. The van der Waals surface area contributed by atoms with Crippen LogP contribution in [-0.4, -0.2) is 64.4 Å². The molecular weight excluding hydrogens is 306 g/mol. The minimum atomic E-state index is -0.873. The van der Waals surface area contributed by atoms with Crippen molar-refractivity contribution in [2.45, 2.75) is 19.8 Å². The molecule has 1 fully saturated rings. The molecule has 2 amide bonds. The second-order valence-electron chi connectivity index (χ2n) is 5.45. The van der Waals surface area contributed by atoms with E-state index in [9.17, 15) is 14.4 Å². The number of carbonyl (C=O) groups is 3. The first-order chi connectivity index (χ1) is 10.4. The molecule has 0 aliphatic carbocycles. The second-order valence-corrected chi connectivity index (χ2v) is 6.30. The highest BCUT2D eigenvalue weighted by atomic mass is 32.1. The molecule has 1 unspecified atom stereocenters. The standard InChI is InChI=1S/C14H19N3O4S/c1-9-12(22-8-15-9)13(19)16(2)7-11(18)17-5-3-4-10(6-17)14(20)21/h8,10H,3-7H2,1-2H3,(H,20,21). The van der Waals surface area contributed by atoms with Crippen molar-refractivity contribution in [3.63, 3.8) is 0 Å². The van der Waals surface area contributed by atoms with Crippen molar-refractivity contribution in [2.75, 3.05) is 26.7 Å². The Kier molecular flexibility index (Phi) is 5.12. The molecule has 8 heteroatoms. The quantitative estimate of drug-likeness (QED) is 0.886. The molecule has 1 N–H and O–H groups in total. The van der Waals surface area contributed by atoms with E-state index in [1.54, 1.807) is 19.5 Å². The van der Waals surface area contributed by atoms with Gasteiger partial charge in [-0.3, -0.25) is 14.4 Å². The molecule has 1 aromatic rings. The van der Waals surface area contributed by atoms with Crippen LogP contribution in [-0.2, 0) is 9.59 Å². The lowest BCUT2D eigenvalue weighted by Gasteiger charge is -2.32. The number of nitrogens with zero attached hydrogens (tertiary/aromatic N) is 3. The summed E-state index contributed by atoms with van der Waals surface area (Å²) in [6, 6.07) is 0. The molecule has 0 bridgehead atoms. The van der Waals surface area contributed by atoms with Gasteiger partial charge in [-0.1, -0.05) is 0 Å². The molecular formula is C14H19N3O4S. The van der Waals surface area contributed by atoms with Crippen LogP contribution in [0, 0.1) is 12.8 Å². The Labute approximate surface area is 132 Å². The average molecular weight is 325 g/mol. The third-order valence-electron chi connectivity index (χ3n) is 3.78. The lowest BCUT2D eigenvalue weighted by Crippen LogP contribution is -2.46. The Morgan fingerprint density at radius 1 is 1.50 bits per heavy atom. The number of aliphatic carboxylic acids is 1. The van der Waals surface area contributed by atoms with Gasteiger partial charge in [0.15, 0.2) is 0 Å². The molecule has 7 nitrogen and oxygen atoms in total. The van der Waals surface area contributed by atoms with Crippen LogP contribution in [0.2, 0.25) is 0 Å². The minimum absolute atomic E-state index is 0.0531. The van der Waals surface area contributed by atoms with E-state index in [1.165, 1.54) is 21.1 Å². The maximum Gasteiger partial charge on any atom is 0.308 e. The number of hydrogen-bond donors (Lipinski definition) is 1. The molecule has 22 heavy (non-hydrogen) atoms. The molecule has 2 rings (SSSR count). The van der Waals surface area contributed by atoms with Crippen LogP contribution >= 0.6 is 11.3 Å². The Morgan fingerprint density at radius 2 is 2.23 bits per heavy atom. The van der Waals surface area contributed by atoms with E-state index in [-0.39, 0.29) is 24.9 Å². The van der Waals surface area contributed by atoms with Gasteiger partial charge in [-0.2, -0.15) is 0 Å². The Morgan fingerprint density at radius 3 is 2.82 bits per heavy atom. The van der Waals surface area contributed by atoms with Crippen LogP contribution in [0.1, 0.15) is 28.2 Å². The van der Waals surface area contributed by atoms with Gasteiger partial charge in [0, 0.05) is 20.1 Å². The summed E-state index contributed by atoms with van der Waals surface area (Å²) in [6.07, 6.45) is 1.27. The number of thiazole rings is 1.